The van der Waals surface area contributed by atoms with E-state index in [2.05, 4.69) is 31.3 Å². The number of alkyl halides is 6. The van der Waals surface area contributed by atoms with Gasteiger partial charge in [-0.3, -0.25) is 0 Å². The lowest BCUT2D eigenvalue weighted by Crippen LogP contribution is -2.23. The largest absolute Gasteiger partial charge is 0.481 e. The fraction of sp³-hybridized carbons (Fsp3) is 0.444. The van der Waals surface area contributed by atoms with Crippen LogP contribution in [0.5, 0.6) is 5.75 Å². The van der Waals surface area contributed by atoms with Gasteiger partial charge in [-0.1, -0.05) is 26.0 Å². The van der Waals surface area contributed by atoms with Gasteiger partial charge in [0.25, 0.3) is 0 Å². The average molecular weight is 566 g/mol. The van der Waals surface area contributed by atoms with Gasteiger partial charge in [0.15, 0.2) is 6.61 Å². The number of ether oxygens (including phenoxy) is 1. The Morgan fingerprint density at radius 3 is 1.95 bits per heavy atom. The third kappa shape index (κ3) is 10.7. The zero-order chi connectivity index (χ0) is 30.6. The molecule has 39 heavy (non-hydrogen) atoms. The van der Waals surface area contributed by atoms with Crippen LogP contribution in [0.2, 0.25) is 0 Å². The smallest absolute Gasteiger partial charge is 0.416 e. The van der Waals surface area contributed by atoms with Crippen LogP contribution >= 0.6 is 0 Å². The maximum Gasteiger partial charge on any atom is 0.416 e. The number of benzene rings is 2. The van der Waals surface area contributed by atoms with Crippen LogP contribution in [0.4, 0.5) is 26.3 Å². The van der Waals surface area contributed by atoms with Crippen LogP contribution in [0.25, 0.3) is 0 Å². The number of fused-ring (bicyclic) bond motifs is 1. The lowest BCUT2D eigenvalue weighted by Gasteiger charge is -2.28. The van der Waals surface area contributed by atoms with Crippen LogP contribution in [0, 0.1) is 6.92 Å². The molecule has 1 unspecified atom stereocenters. The van der Waals surface area contributed by atoms with Gasteiger partial charge in [-0.05, 0) is 79.6 Å². The first-order valence-corrected chi connectivity index (χ1v) is 11.7. The van der Waals surface area contributed by atoms with Crippen LogP contribution in [0.3, 0.4) is 0 Å². The molecular formula is C27H33F6NO5. The number of hydrogen-bond donors (Lipinski definition) is 2. The summed E-state index contributed by atoms with van der Waals surface area (Å²) in [6.07, 6.45) is -6.34. The lowest BCUT2D eigenvalue weighted by molar-refractivity contribution is -0.143. The van der Waals surface area contributed by atoms with E-state index < -0.39 is 29.4 Å². The molecule has 218 valence electrons. The van der Waals surface area contributed by atoms with Crippen molar-refractivity contribution in [3.05, 3.63) is 63.7 Å². The molecule has 0 bridgehead atoms. The quantitative estimate of drug-likeness (QED) is 0.401. The second-order valence-electron chi connectivity index (χ2n) is 8.71. The molecule has 1 aliphatic carbocycles. The summed E-state index contributed by atoms with van der Waals surface area (Å²) in [6.45, 7) is 9.12. The van der Waals surface area contributed by atoms with E-state index in [0.29, 0.717) is 24.1 Å². The van der Waals surface area contributed by atoms with Crippen LogP contribution in [-0.2, 0) is 33.2 Å². The van der Waals surface area contributed by atoms with Crippen molar-refractivity contribution in [1.82, 2.24) is 5.32 Å². The molecule has 2 aromatic rings. The minimum atomic E-state index is -4.76. The minimum absolute atomic E-state index is 0.0721. The van der Waals surface area contributed by atoms with Gasteiger partial charge in [0, 0.05) is 6.04 Å². The van der Waals surface area contributed by atoms with E-state index in [9.17, 15) is 31.1 Å². The van der Waals surface area contributed by atoms with Crippen molar-refractivity contribution in [1.29, 1.82) is 0 Å². The molecule has 3 rings (SSSR count). The summed E-state index contributed by atoms with van der Waals surface area (Å²) in [4.78, 5) is 26.8. The molecule has 2 N–H and O–H groups in total. The number of carbonyl (C=O) groups excluding carboxylic acids is 2. The normalized spacial score (nSPS) is 14.4. The Bertz CT molecular complexity index is 1040. The van der Waals surface area contributed by atoms with E-state index in [1.165, 1.54) is 18.1 Å². The molecule has 12 heteroatoms. The monoisotopic (exact) mass is 565 g/mol. The summed E-state index contributed by atoms with van der Waals surface area (Å²) in [5.41, 5.74) is 0.898. The summed E-state index contributed by atoms with van der Waals surface area (Å²) in [6, 6.07) is 6.04. The molecule has 0 heterocycles. The number of rotatable bonds is 5. The molecule has 0 saturated heterocycles. The van der Waals surface area contributed by atoms with Crippen LogP contribution in [-0.4, -0.2) is 38.3 Å². The van der Waals surface area contributed by atoms with Gasteiger partial charge in [0.2, 0.25) is 0 Å². The molecule has 0 aromatic heterocycles. The maximum absolute atomic E-state index is 12.2. The van der Waals surface area contributed by atoms with E-state index in [4.69, 9.17) is 19.4 Å². The van der Waals surface area contributed by atoms with Crippen molar-refractivity contribution in [2.75, 3.05) is 13.7 Å². The van der Waals surface area contributed by atoms with Crippen molar-refractivity contribution >= 4 is 19.5 Å². The van der Waals surface area contributed by atoms with Crippen molar-refractivity contribution < 1.29 is 50.6 Å². The predicted molar refractivity (Wildman–Crippen MR) is 134 cm³/mol. The second-order valence-corrected chi connectivity index (χ2v) is 8.71. The molecule has 0 spiro atoms. The number of carboxylic acids is 1. The molecule has 1 atom stereocenters. The molecule has 0 saturated carbocycles. The number of aliphatic carboxylic acids is 1. The molecule has 0 radical (unpaired) electrons. The fourth-order valence-electron chi connectivity index (χ4n) is 4.05. The van der Waals surface area contributed by atoms with E-state index in [1.54, 1.807) is 0 Å². The van der Waals surface area contributed by atoms with Gasteiger partial charge in [0.1, 0.15) is 19.3 Å². The number of hydrogen-bond acceptors (Lipinski definition) is 5. The van der Waals surface area contributed by atoms with Crippen molar-refractivity contribution in [2.45, 2.75) is 64.3 Å². The van der Waals surface area contributed by atoms with Crippen LogP contribution in [0.15, 0.2) is 30.3 Å². The topological polar surface area (TPSA) is 92.7 Å². The number of aryl methyl sites for hydroxylation is 1. The Labute approximate surface area is 223 Å². The molecule has 0 aliphatic heterocycles. The Kier molecular flexibility index (Phi) is 14.5. The predicted octanol–water partition coefficient (Wildman–Crippen LogP) is 6.53. The van der Waals surface area contributed by atoms with Gasteiger partial charge in [0.05, 0.1) is 11.1 Å². The lowest BCUT2D eigenvalue weighted by atomic mass is 9.84. The van der Waals surface area contributed by atoms with Crippen molar-refractivity contribution in [3.63, 3.8) is 0 Å². The minimum Gasteiger partial charge on any atom is -0.481 e. The van der Waals surface area contributed by atoms with Gasteiger partial charge in [-0.25, -0.2) is 4.79 Å². The molecule has 0 fully saturated rings. The first-order chi connectivity index (χ1) is 18.1. The summed E-state index contributed by atoms with van der Waals surface area (Å²) < 4.78 is 78.6. The van der Waals surface area contributed by atoms with Gasteiger partial charge in [-0.2, -0.15) is 26.3 Å². The number of nitrogens with one attached hydrogen (secondary N) is 1. The number of carboxylic acid groups (broad SMARTS) is 1. The SMILES string of the molecule is C=O.C=O.CNC1CCCc2c1ccc(C(C)C)c2OCC(=O)O.Cc1cc(C(F)(F)F)cc(C(F)(F)F)c1. The average Bonchev–Trinajstić information content (AvgIpc) is 2.88. The third-order valence-electron chi connectivity index (χ3n) is 5.66. The van der Waals surface area contributed by atoms with E-state index in [-0.39, 0.29) is 18.2 Å². The first kappa shape index (κ1) is 35.6. The standard InChI is InChI=1S/C16H23NO3.C9H6F6.2CH2O/c1-10(2)11-7-8-12-13(5-4-6-14(12)17-3)16(11)20-9-15(18)19;1-5-2-6(8(10,11)12)4-7(3-5)9(13,14)15;2*1-2/h7-8,10,14,17H,4-6,9H2,1-3H3,(H,18,19);2-4H,1H3;2*1H2. The Balaban J connectivity index is 0.000000678. The van der Waals surface area contributed by atoms with E-state index in [0.717, 1.165) is 30.6 Å². The number of carbonyl (C=O) groups is 3. The molecule has 6 nitrogen and oxygen atoms in total. The van der Waals surface area contributed by atoms with Gasteiger partial charge in [-0.15, -0.1) is 0 Å². The summed E-state index contributed by atoms with van der Waals surface area (Å²) >= 11 is 0. The molecular weight excluding hydrogens is 532 g/mol. The highest BCUT2D eigenvalue weighted by Gasteiger charge is 2.36. The Hall–Kier alpha value is -3.41. The van der Waals surface area contributed by atoms with Crippen molar-refractivity contribution in [2.24, 2.45) is 0 Å². The summed E-state index contributed by atoms with van der Waals surface area (Å²) in [5, 5.41) is 12.2. The Morgan fingerprint density at radius 2 is 1.54 bits per heavy atom. The zero-order valence-electron chi connectivity index (χ0n) is 22.1. The Morgan fingerprint density at radius 1 is 1.03 bits per heavy atom. The second kappa shape index (κ2) is 15.9. The highest BCUT2D eigenvalue weighted by atomic mass is 19.4. The highest BCUT2D eigenvalue weighted by molar-refractivity contribution is 5.68. The van der Waals surface area contributed by atoms with Crippen molar-refractivity contribution in [3.8, 4) is 5.75 Å². The first-order valence-electron chi connectivity index (χ1n) is 11.7. The van der Waals surface area contributed by atoms with Gasteiger partial charge < -0.3 is 24.7 Å². The molecule has 0 amide bonds. The summed E-state index contributed by atoms with van der Waals surface area (Å²) in [7, 11) is 1.97. The van der Waals surface area contributed by atoms with E-state index >= 15 is 0 Å². The maximum atomic E-state index is 12.2. The summed E-state index contributed by atoms with van der Waals surface area (Å²) in [5.74, 6) is 0.178. The molecule has 2 aromatic carbocycles. The highest BCUT2D eigenvalue weighted by Crippen LogP contribution is 2.40. The van der Waals surface area contributed by atoms with Crippen LogP contribution in [0.1, 0.15) is 72.0 Å². The molecule has 1 aliphatic rings. The fourth-order valence-corrected chi connectivity index (χ4v) is 4.05. The zero-order valence-corrected chi connectivity index (χ0v) is 22.1. The third-order valence-corrected chi connectivity index (χ3v) is 5.66. The van der Waals surface area contributed by atoms with Crippen LogP contribution < -0.4 is 10.1 Å². The van der Waals surface area contributed by atoms with Gasteiger partial charge >= 0.3 is 18.3 Å². The van der Waals surface area contributed by atoms with E-state index in [1.807, 2.05) is 20.6 Å². The number of halogens is 6.